The zero-order chi connectivity index (χ0) is 14.1. The molecule has 0 spiro atoms. The summed E-state index contributed by atoms with van der Waals surface area (Å²) < 4.78 is 1.66. The predicted octanol–water partition coefficient (Wildman–Crippen LogP) is 4.43. The Hall–Kier alpha value is -1.33. The van der Waals surface area contributed by atoms with Crippen molar-refractivity contribution in [3.05, 3.63) is 56.5 Å². The molecule has 102 valence electrons. The number of rotatable bonds is 2. The maximum absolute atomic E-state index is 12.3. The van der Waals surface area contributed by atoms with Crippen LogP contribution in [0, 0.1) is 0 Å². The Bertz CT molecular complexity index is 686. The van der Waals surface area contributed by atoms with Crippen LogP contribution in [0.2, 0.25) is 0 Å². The fourth-order valence-electron chi connectivity index (χ4n) is 2.25. The lowest BCUT2D eigenvalue weighted by molar-refractivity contribution is 0.102. The van der Waals surface area contributed by atoms with E-state index >= 15 is 0 Å². The van der Waals surface area contributed by atoms with Crippen molar-refractivity contribution in [1.82, 2.24) is 0 Å². The minimum Gasteiger partial charge on any atom is -0.384 e. The van der Waals surface area contributed by atoms with Crippen LogP contribution in [-0.2, 0) is 6.42 Å². The SMILES string of the molecule is O=C(Nc1ccc2c(c1)CCN2)c1cc(Br)ccc1Br. The Morgan fingerprint density at radius 3 is 2.85 bits per heavy atom. The van der Waals surface area contributed by atoms with Gasteiger partial charge in [0.25, 0.3) is 5.91 Å². The topological polar surface area (TPSA) is 41.1 Å². The fraction of sp³-hybridized carbons (Fsp3) is 0.133. The van der Waals surface area contributed by atoms with Gasteiger partial charge in [0.2, 0.25) is 0 Å². The largest absolute Gasteiger partial charge is 0.384 e. The molecule has 5 heteroatoms. The van der Waals surface area contributed by atoms with E-state index in [1.165, 1.54) is 5.56 Å². The smallest absolute Gasteiger partial charge is 0.256 e. The molecule has 0 atom stereocenters. The zero-order valence-corrected chi connectivity index (χ0v) is 13.7. The molecule has 0 aromatic heterocycles. The summed E-state index contributed by atoms with van der Waals surface area (Å²) in [6.07, 6.45) is 1.000. The normalized spacial score (nSPS) is 12.7. The van der Waals surface area contributed by atoms with Crippen LogP contribution in [0.5, 0.6) is 0 Å². The molecule has 2 N–H and O–H groups in total. The quantitative estimate of drug-likeness (QED) is 0.789. The number of benzene rings is 2. The van der Waals surface area contributed by atoms with Crippen molar-refractivity contribution in [2.45, 2.75) is 6.42 Å². The number of carbonyl (C=O) groups is 1. The average Bonchev–Trinajstić information content (AvgIpc) is 2.89. The molecular weight excluding hydrogens is 384 g/mol. The van der Waals surface area contributed by atoms with E-state index in [4.69, 9.17) is 0 Å². The molecule has 1 aliphatic heterocycles. The molecule has 0 radical (unpaired) electrons. The fourth-order valence-corrected chi connectivity index (χ4v) is 3.04. The van der Waals surface area contributed by atoms with E-state index < -0.39 is 0 Å². The van der Waals surface area contributed by atoms with Gasteiger partial charge in [-0.25, -0.2) is 0 Å². The summed E-state index contributed by atoms with van der Waals surface area (Å²) in [5.74, 6) is -0.121. The van der Waals surface area contributed by atoms with Crippen molar-refractivity contribution in [2.24, 2.45) is 0 Å². The summed E-state index contributed by atoms with van der Waals surface area (Å²) in [5, 5.41) is 6.24. The Morgan fingerprint density at radius 2 is 2.00 bits per heavy atom. The maximum atomic E-state index is 12.3. The van der Waals surface area contributed by atoms with E-state index in [2.05, 4.69) is 42.5 Å². The minimum atomic E-state index is -0.121. The molecule has 2 aromatic rings. The van der Waals surface area contributed by atoms with Crippen LogP contribution in [0.1, 0.15) is 15.9 Å². The highest BCUT2D eigenvalue weighted by Gasteiger charge is 2.13. The van der Waals surface area contributed by atoms with Gasteiger partial charge in [0, 0.05) is 26.9 Å². The summed E-state index contributed by atoms with van der Waals surface area (Å²) in [6.45, 7) is 0.962. The third kappa shape index (κ3) is 2.74. The summed E-state index contributed by atoms with van der Waals surface area (Å²) in [6, 6.07) is 11.5. The van der Waals surface area contributed by atoms with E-state index in [1.807, 2.05) is 30.3 Å². The average molecular weight is 396 g/mol. The molecule has 0 fully saturated rings. The van der Waals surface area contributed by atoms with Crippen molar-refractivity contribution < 1.29 is 4.79 Å². The van der Waals surface area contributed by atoms with Gasteiger partial charge >= 0.3 is 0 Å². The molecule has 3 rings (SSSR count). The molecule has 0 unspecified atom stereocenters. The van der Waals surface area contributed by atoms with Gasteiger partial charge in [-0.05, 0) is 64.3 Å². The number of nitrogens with one attached hydrogen (secondary N) is 2. The number of amides is 1. The second kappa shape index (κ2) is 5.58. The van der Waals surface area contributed by atoms with Crippen LogP contribution >= 0.6 is 31.9 Å². The lowest BCUT2D eigenvalue weighted by Crippen LogP contribution is -2.12. The van der Waals surface area contributed by atoms with Crippen LogP contribution in [0.25, 0.3) is 0 Å². The van der Waals surface area contributed by atoms with Gasteiger partial charge in [-0.15, -0.1) is 0 Å². The first-order valence-corrected chi connectivity index (χ1v) is 7.85. The number of fused-ring (bicyclic) bond motifs is 1. The third-order valence-electron chi connectivity index (χ3n) is 3.25. The lowest BCUT2D eigenvalue weighted by atomic mass is 10.1. The summed E-state index contributed by atoms with van der Waals surface area (Å²) >= 11 is 6.78. The first-order valence-electron chi connectivity index (χ1n) is 6.27. The Morgan fingerprint density at radius 1 is 1.15 bits per heavy atom. The second-order valence-electron chi connectivity index (χ2n) is 4.63. The van der Waals surface area contributed by atoms with E-state index in [0.717, 1.165) is 33.3 Å². The molecule has 1 amide bonds. The highest BCUT2D eigenvalue weighted by Crippen LogP contribution is 2.27. The Balaban J connectivity index is 1.84. The van der Waals surface area contributed by atoms with Gasteiger partial charge < -0.3 is 10.6 Å². The summed E-state index contributed by atoms with van der Waals surface area (Å²) in [7, 11) is 0. The molecule has 0 bridgehead atoms. The molecule has 0 aliphatic carbocycles. The van der Waals surface area contributed by atoms with Gasteiger partial charge in [0.05, 0.1) is 5.56 Å². The molecule has 3 nitrogen and oxygen atoms in total. The number of hydrogen-bond acceptors (Lipinski definition) is 2. The number of halogens is 2. The van der Waals surface area contributed by atoms with Gasteiger partial charge in [-0.1, -0.05) is 15.9 Å². The number of hydrogen-bond donors (Lipinski definition) is 2. The lowest BCUT2D eigenvalue weighted by Gasteiger charge is -2.09. The van der Waals surface area contributed by atoms with E-state index in [9.17, 15) is 4.79 Å². The number of anilines is 2. The Kier molecular flexibility index (Phi) is 3.81. The molecule has 0 saturated carbocycles. The first-order chi connectivity index (χ1) is 9.63. The van der Waals surface area contributed by atoms with Gasteiger partial charge in [-0.2, -0.15) is 0 Å². The molecular formula is C15H12Br2N2O. The van der Waals surface area contributed by atoms with E-state index in [0.29, 0.717) is 5.56 Å². The van der Waals surface area contributed by atoms with Crippen molar-refractivity contribution in [2.75, 3.05) is 17.2 Å². The van der Waals surface area contributed by atoms with E-state index in [1.54, 1.807) is 6.07 Å². The van der Waals surface area contributed by atoms with Crippen molar-refractivity contribution >= 4 is 49.1 Å². The van der Waals surface area contributed by atoms with Crippen LogP contribution in [0.15, 0.2) is 45.3 Å². The van der Waals surface area contributed by atoms with E-state index in [-0.39, 0.29) is 5.91 Å². The zero-order valence-electron chi connectivity index (χ0n) is 10.5. The van der Waals surface area contributed by atoms with Crippen LogP contribution < -0.4 is 10.6 Å². The van der Waals surface area contributed by atoms with Crippen LogP contribution in [0.4, 0.5) is 11.4 Å². The van der Waals surface area contributed by atoms with Crippen molar-refractivity contribution in [1.29, 1.82) is 0 Å². The predicted molar refractivity (Wildman–Crippen MR) is 88.4 cm³/mol. The maximum Gasteiger partial charge on any atom is 0.256 e. The standard InChI is InChI=1S/C15H12Br2N2O/c16-10-1-3-13(17)12(8-10)15(20)19-11-2-4-14-9(7-11)5-6-18-14/h1-4,7-8,18H,5-6H2,(H,19,20). The minimum absolute atomic E-state index is 0.121. The van der Waals surface area contributed by atoms with Crippen LogP contribution in [-0.4, -0.2) is 12.5 Å². The molecule has 1 heterocycles. The molecule has 0 saturated heterocycles. The van der Waals surface area contributed by atoms with Gasteiger partial charge in [-0.3, -0.25) is 4.79 Å². The van der Waals surface area contributed by atoms with Gasteiger partial charge in [0.15, 0.2) is 0 Å². The second-order valence-corrected chi connectivity index (χ2v) is 6.40. The third-order valence-corrected chi connectivity index (χ3v) is 4.43. The van der Waals surface area contributed by atoms with Crippen LogP contribution in [0.3, 0.4) is 0 Å². The van der Waals surface area contributed by atoms with Crippen molar-refractivity contribution in [3.63, 3.8) is 0 Å². The summed E-state index contributed by atoms with van der Waals surface area (Å²) in [4.78, 5) is 12.3. The highest BCUT2D eigenvalue weighted by atomic mass is 79.9. The molecule has 2 aromatic carbocycles. The molecule has 1 aliphatic rings. The number of carbonyl (C=O) groups excluding carboxylic acids is 1. The molecule has 20 heavy (non-hydrogen) atoms. The van der Waals surface area contributed by atoms with Crippen molar-refractivity contribution in [3.8, 4) is 0 Å². The highest BCUT2D eigenvalue weighted by molar-refractivity contribution is 9.11. The first kappa shape index (κ1) is 13.6. The monoisotopic (exact) mass is 394 g/mol. The summed E-state index contributed by atoms with van der Waals surface area (Å²) in [5.41, 5.74) is 3.84. The Labute approximate surface area is 134 Å². The van der Waals surface area contributed by atoms with Gasteiger partial charge in [0.1, 0.15) is 0 Å².